The summed E-state index contributed by atoms with van der Waals surface area (Å²) >= 11 is 3.07. The Morgan fingerprint density at radius 1 is 1.13 bits per heavy atom. The zero-order valence-electron chi connectivity index (χ0n) is 21.1. The van der Waals surface area contributed by atoms with Crippen molar-refractivity contribution in [3.8, 4) is 5.75 Å². The van der Waals surface area contributed by atoms with E-state index in [-0.39, 0.29) is 46.5 Å². The molecule has 0 radical (unpaired) electrons. The van der Waals surface area contributed by atoms with Crippen LogP contribution < -0.4 is 15.0 Å². The molecule has 1 aliphatic heterocycles. The monoisotopic (exact) mass is 610 g/mol. The van der Waals surface area contributed by atoms with Gasteiger partial charge in [0.25, 0.3) is 5.69 Å². The smallest absolute Gasteiger partial charge is 0.325 e. The van der Waals surface area contributed by atoms with Crippen LogP contribution in [0.2, 0.25) is 0 Å². The average Bonchev–Trinajstić information content (AvgIpc) is 3.64. The number of benzene rings is 2. The van der Waals surface area contributed by atoms with Crippen molar-refractivity contribution in [2.24, 2.45) is 10.2 Å². The summed E-state index contributed by atoms with van der Waals surface area (Å²) in [6.45, 7) is 1.29. The van der Waals surface area contributed by atoms with E-state index >= 15 is 0 Å². The molecule has 2 atom stereocenters. The number of carbonyl (C=O) groups excluding carboxylic acids is 2. The van der Waals surface area contributed by atoms with Crippen molar-refractivity contribution in [3.05, 3.63) is 49.0 Å². The van der Waals surface area contributed by atoms with Gasteiger partial charge >= 0.3 is 11.7 Å². The number of halogens is 1. The summed E-state index contributed by atoms with van der Waals surface area (Å²) in [4.78, 5) is 46.8. The molecule has 0 saturated carbocycles. The highest BCUT2D eigenvalue weighted by Crippen LogP contribution is 2.43. The molecule has 1 aliphatic rings. The van der Waals surface area contributed by atoms with Crippen LogP contribution in [0.1, 0.15) is 6.92 Å². The normalized spacial score (nSPS) is 16.0. The lowest BCUT2D eigenvalue weighted by Crippen LogP contribution is -2.34. The van der Waals surface area contributed by atoms with Crippen LogP contribution in [-0.2, 0) is 23.8 Å². The molecule has 0 bridgehead atoms. The van der Waals surface area contributed by atoms with Gasteiger partial charge < -0.3 is 29.2 Å². The molecular weight excluding hydrogens is 588 g/mol. The number of carbonyl (C=O) groups is 2. The van der Waals surface area contributed by atoms with Crippen molar-refractivity contribution in [2.75, 3.05) is 44.6 Å². The quantitative estimate of drug-likeness (QED) is 0.120. The van der Waals surface area contributed by atoms with Gasteiger partial charge in [-0.05, 0) is 22.0 Å². The molecule has 0 spiro atoms. The van der Waals surface area contributed by atoms with Gasteiger partial charge in [0.2, 0.25) is 5.91 Å². The van der Waals surface area contributed by atoms with Gasteiger partial charge in [0.15, 0.2) is 12.0 Å². The molecule has 1 heterocycles. The number of ether oxygens (including phenoxy) is 4. The third-order valence-corrected chi connectivity index (χ3v) is 5.96. The first-order chi connectivity index (χ1) is 18.5. The van der Waals surface area contributed by atoms with Crippen LogP contribution in [0.5, 0.6) is 5.75 Å². The Hall–Kier alpha value is -4.22. The van der Waals surface area contributed by atoms with E-state index in [9.17, 15) is 29.8 Å². The summed E-state index contributed by atoms with van der Waals surface area (Å²) in [5, 5.41) is 33.3. The molecule has 2 aromatic rings. The summed E-state index contributed by atoms with van der Waals surface area (Å²) in [5.74, 6) is -0.796. The van der Waals surface area contributed by atoms with E-state index in [0.717, 1.165) is 12.1 Å². The number of hydrogen-bond donors (Lipinski definition) is 1. The number of epoxide rings is 1. The second-order valence-corrected chi connectivity index (χ2v) is 8.82. The zero-order valence-corrected chi connectivity index (χ0v) is 22.7. The van der Waals surface area contributed by atoms with Crippen LogP contribution in [0, 0.1) is 20.2 Å². The average molecular weight is 611 g/mol. The van der Waals surface area contributed by atoms with Crippen molar-refractivity contribution in [1.29, 1.82) is 0 Å². The fourth-order valence-electron chi connectivity index (χ4n) is 3.51. The molecular formula is C22H23BrN6O10. The van der Waals surface area contributed by atoms with Crippen LogP contribution >= 0.6 is 15.9 Å². The number of nitro groups is 2. The Labute approximate surface area is 229 Å². The van der Waals surface area contributed by atoms with E-state index in [2.05, 4.69) is 31.5 Å². The van der Waals surface area contributed by atoms with Crippen LogP contribution in [-0.4, -0.2) is 68.5 Å². The maximum Gasteiger partial charge on any atom is 0.325 e. The highest BCUT2D eigenvalue weighted by molar-refractivity contribution is 9.10. The number of rotatable bonds is 12. The van der Waals surface area contributed by atoms with Crippen LogP contribution in [0.15, 0.2) is 39.0 Å². The van der Waals surface area contributed by atoms with Crippen LogP contribution in [0.3, 0.4) is 0 Å². The van der Waals surface area contributed by atoms with Crippen LogP contribution in [0.25, 0.3) is 0 Å². The third-order valence-electron chi connectivity index (χ3n) is 5.36. The van der Waals surface area contributed by atoms with Gasteiger partial charge in [0, 0.05) is 26.2 Å². The fraction of sp³-hybridized carbons (Fsp3) is 0.364. The molecule has 208 valence electrons. The number of non-ortho nitro benzene ring substituents is 1. The van der Waals surface area contributed by atoms with Gasteiger partial charge in [-0.3, -0.25) is 29.8 Å². The van der Waals surface area contributed by atoms with Crippen molar-refractivity contribution in [3.63, 3.8) is 0 Å². The van der Waals surface area contributed by atoms with Gasteiger partial charge in [-0.1, -0.05) is 0 Å². The standard InChI is InChI=1S/C22H23BrN6O10/c1-11(30)24-14-7-16(27(10-20(31)37-3)9-19-22(38-4)39-19)18(36-2)8-15(14)25-26-21-13(23)5-12(28(32)33)6-17(21)29(34)35/h5-8,19,22H,9-10H2,1-4H3,(H,24,30). The van der Waals surface area contributed by atoms with Gasteiger partial charge in [-0.2, -0.15) is 0 Å². The van der Waals surface area contributed by atoms with E-state index in [4.69, 9.17) is 18.9 Å². The minimum absolute atomic E-state index is 0.0424. The number of anilines is 2. The van der Waals surface area contributed by atoms with Crippen molar-refractivity contribution in [1.82, 2.24) is 0 Å². The zero-order chi connectivity index (χ0) is 28.9. The topological polar surface area (TPSA) is 201 Å². The lowest BCUT2D eigenvalue weighted by molar-refractivity contribution is -0.393. The highest BCUT2D eigenvalue weighted by Gasteiger charge is 2.41. The minimum Gasteiger partial charge on any atom is -0.494 e. The Morgan fingerprint density at radius 2 is 1.85 bits per heavy atom. The number of nitrogens with one attached hydrogen (secondary N) is 1. The second kappa shape index (κ2) is 12.5. The van der Waals surface area contributed by atoms with Crippen molar-refractivity contribution < 1.29 is 38.4 Å². The first-order valence-corrected chi connectivity index (χ1v) is 11.8. The first-order valence-electron chi connectivity index (χ1n) is 11.0. The summed E-state index contributed by atoms with van der Waals surface area (Å²) in [6, 6.07) is 4.70. The van der Waals surface area contributed by atoms with Crippen molar-refractivity contribution >= 4 is 61.9 Å². The minimum atomic E-state index is -0.831. The van der Waals surface area contributed by atoms with Gasteiger partial charge in [0.05, 0.1) is 52.5 Å². The Morgan fingerprint density at radius 3 is 2.38 bits per heavy atom. The van der Waals surface area contributed by atoms with E-state index in [1.807, 2.05) is 0 Å². The molecule has 39 heavy (non-hydrogen) atoms. The first kappa shape index (κ1) is 29.3. The molecule has 1 fully saturated rings. The highest BCUT2D eigenvalue weighted by atomic mass is 79.9. The molecule has 0 aromatic heterocycles. The lowest BCUT2D eigenvalue weighted by atomic mass is 10.2. The molecule has 16 nitrogen and oxygen atoms in total. The largest absolute Gasteiger partial charge is 0.494 e. The number of methoxy groups -OCH3 is 3. The predicted octanol–water partition coefficient (Wildman–Crippen LogP) is 4.00. The SMILES string of the molecule is COC(=O)CN(CC1OC1OC)c1cc(NC(C)=O)c(N=Nc2c(Br)cc([N+](=O)[O-])cc2[N+](=O)[O-])cc1OC. The fourth-order valence-corrected chi connectivity index (χ4v) is 4.02. The number of amides is 1. The van der Waals surface area contributed by atoms with Crippen LogP contribution in [0.4, 0.5) is 34.1 Å². The number of nitrogens with zero attached hydrogens (tertiary/aromatic N) is 5. The number of nitro benzene ring substituents is 2. The molecule has 2 aromatic carbocycles. The molecule has 3 rings (SSSR count). The second-order valence-electron chi connectivity index (χ2n) is 7.97. The Balaban J connectivity index is 2.10. The Kier molecular flexibility index (Phi) is 9.44. The summed E-state index contributed by atoms with van der Waals surface area (Å²) in [7, 11) is 4.10. The maximum atomic E-state index is 12.1. The third kappa shape index (κ3) is 7.21. The molecule has 2 unspecified atom stereocenters. The van der Waals surface area contributed by atoms with E-state index in [1.54, 1.807) is 4.90 Å². The number of hydrogen-bond acceptors (Lipinski definition) is 13. The molecule has 1 N–H and O–H groups in total. The number of esters is 1. The number of azo groups is 1. The molecule has 0 aliphatic carbocycles. The summed E-state index contributed by atoms with van der Waals surface area (Å²) in [5.41, 5.74) is -0.910. The summed E-state index contributed by atoms with van der Waals surface area (Å²) < 4.78 is 20.8. The van der Waals surface area contributed by atoms with Gasteiger partial charge in [-0.15, -0.1) is 10.2 Å². The van der Waals surface area contributed by atoms with E-state index < -0.39 is 39.4 Å². The molecule has 17 heteroatoms. The summed E-state index contributed by atoms with van der Waals surface area (Å²) in [6.07, 6.45) is -0.789. The van der Waals surface area contributed by atoms with Gasteiger partial charge in [0.1, 0.15) is 24.1 Å². The van der Waals surface area contributed by atoms with E-state index in [0.29, 0.717) is 5.69 Å². The molecule has 1 saturated heterocycles. The van der Waals surface area contributed by atoms with Crippen molar-refractivity contribution in [2.45, 2.75) is 19.3 Å². The Bertz CT molecular complexity index is 1340. The lowest BCUT2D eigenvalue weighted by Gasteiger charge is -2.26. The van der Waals surface area contributed by atoms with Gasteiger partial charge in [-0.25, -0.2) is 0 Å². The predicted molar refractivity (Wildman–Crippen MR) is 139 cm³/mol. The van der Waals surface area contributed by atoms with E-state index in [1.165, 1.54) is 40.4 Å². The molecule has 1 amide bonds. The maximum absolute atomic E-state index is 12.1.